The Morgan fingerprint density at radius 2 is 2.20 bits per heavy atom. The van der Waals surface area contributed by atoms with Crippen molar-refractivity contribution in [2.75, 3.05) is 0 Å². The molecule has 0 radical (unpaired) electrons. The fraction of sp³-hybridized carbons (Fsp3) is 0.600. The van der Waals surface area contributed by atoms with Crippen LogP contribution < -0.4 is 5.32 Å². The summed E-state index contributed by atoms with van der Waals surface area (Å²) in [6, 6.07) is 0. The Hall–Kier alpha value is -1.52. The molecule has 0 aliphatic rings. The molecule has 1 unspecified atom stereocenters. The van der Waals surface area contributed by atoms with Crippen molar-refractivity contribution in [3.63, 3.8) is 0 Å². The van der Waals surface area contributed by atoms with E-state index in [4.69, 9.17) is 4.74 Å². The van der Waals surface area contributed by atoms with Gasteiger partial charge in [-0.15, -0.1) is 0 Å². The molecule has 5 nitrogen and oxygen atoms in total. The number of hydrogen-bond donors (Lipinski definition) is 1. The molecule has 1 aromatic heterocycles. The number of nitrogens with zero attached hydrogens (tertiary/aromatic N) is 2. The molecular weight excluding hydrogens is 194 g/mol. The van der Waals surface area contributed by atoms with E-state index in [1.165, 1.54) is 0 Å². The fourth-order valence-corrected chi connectivity index (χ4v) is 1.05. The van der Waals surface area contributed by atoms with E-state index in [2.05, 4.69) is 10.3 Å². The van der Waals surface area contributed by atoms with E-state index < -0.39 is 11.7 Å². The molecule has 0 saturated carbocycles. The van der Waals surface area contributed by atoms with E-state index in [1.807, 2.05) is 27.7 Å². The van der Waals surface area contributed by atoms with Gasteiger partial charge in [0.25, 0.3) is 0 Å². The van der Waals surface area contributed by atoms with Gasteiger partial charge in [-0.05, 0) is 27.7 Å². The third kappa shape index (κ3) is 4.01. The first-order valence-corrected chi connectivity index (χ1v) is 4.85. The summed E-state index contributed by atoms with van der Waals surface area (Å²) >= 11 is 0. The molecule has 1 atom stereocenters. The van der Waals surface area contributed by atoms with Crippen LogP contribution in [0.25, 0.3) is 0 Å². The summed E-state index contributed by atoms with van der Waals surface area (Å²) in [4.78, 5) is 15.3. The van der Waals surface area contributed by atoms with Crippen LogP contribution in [0.2, 0.25) is 0 Å². The fourth-order valence-electron chi connectivity index (χ4n) is 1.05. The van der Waals surface area contributed by atoms with E-state index in [0.717, 1.165) is 0 Å². The molecule has 1 rings (SSSR count). The number of hydrogen-bond acceptors (Lipinski definition) is 3. The molecule has 1 heterocycles. The molecular formula is C10H17N3O2. The number of amides is 1. The van der Waals surface area contributed by atoms with Gasteiger partial charge >= 0.3 is 6.09 Å². The van der Waals surface area contributed by atoms with Gasteiger partial charge in [0.2, 0.25) is 0 Å². The van der Waals surface area contributed by atoms with Crippen LogP contribution in [-0.2, 0) is 4.74 Å². The van der Waals surface area contributed by atoms with E-state index in [9.17, 15) is 4.79 Å². The van der Waals surface area contributed by atoms with E-state index in [0.29, 0.717) is 0 Å². The topological polar surface area (TPSA) is 56.1 Å². The highest BCUT2D eigenvalue weighted by molar-refractivity contribution is 5.67. The van der Waals surface area contributed by atoms with Crippen molar-refractivity contribution in [2.24, 2.45) is 0 Å². The molecule has 1 amide bonds. The van der Waals surface area contributed by atoms with Crippen molar-refractivity contribution in [1.82, 2.24) is 14.9 Å². The highest BCUT2D eigenvalue weighted by Crippen LogP contribution is 2.08. The van der Waals surface area contributed by atoms with Gasteiger partial charge in [0.15, 0.2) is 0 Å². The summed E-state index contributed by atoms with van der Waals surface area (Å²) in [6.07, 6.45) is 4.49. The molecule has 1 N–H and O–H groups in total. The van der Waals surface area contributed by atoms with Gasteiger partial charge in [-0.3, -0.25) is 0 Å². The summed E-state index contributed by atoms with van der Waals surface area (Å²) in [7, 11) is 0. The van der Waals surface area contributed by atoms with Gasteiger partial charge in [-0.1, -0.05) is 0 Å². The predicted molar refractivity (Wildman–Crippen MR) is 56.3 cm³/mol. The standard InChI is InChI=1S/C10H17N3O2/c1-8(13-6-5-11-7-13)12-9(14)15-10(2,3)4/h5-8H,1-4H3,(H,12,14). The van der Waals surface area contributed by atoms with Gasteiger partial charge in [0.1, 0.15) is 11.8 Å². The third-order valence-electron chi connectivity index (χ3n) is 1.70. The first-order chi connectivity index (χ1) is 6.88. The number of alkyl carbamates (subject to hydrolysis) is 1. The van der Waals surface area contributed by atoms with Crippen LogP contribution in [0.1, 0.15) is 33.9 Å². The van der Waals surface area contributed by atoms with Crippen molar-refractivity contribution in [3.05, 3.63) is 18.7 Å². The summed E-state index contributed by atoms with van der Waals surface area (Å²) < 4.78 is 6.90. The minimum Gasteiger partial charge on any atom is -0.444 e. The lowest BCUT2D eigenvalue weighted by atomic mass is 10.2. The van der Waals surface area contributed by atoms with Gasteiger partial charge in [0, 0.05) is 12.4 Å². The maximum absolute atomic E-state index is 11.4. The van der Waals surface area contributed by atoms with Crippen molar-refractivity contribution in [1.29, 1.82) is 0 Å². The number of carbonyl (C=O) groups excluding carboxylic acids is 1. The first-order valence-electron chi connectivity index (χ1n) is 4.85. The second-order valence-corrected chi connectivity index (χ2v) is 4.33. The molecule has 0 saturated heterocycles. The molecule has 0 fully saturated rings. The Kier molecular flexibility index (Phi) is 3.34. The van der Waals surface area contributed by atoms with Gasteiger partial charge < -0.3 is 14.6 Å². The molecule has 5 heteroatoms. The van der Waals surface area contributed by atoms with Gasteiger partial charge in [0.05, 0.1) is 6.33 Å². The lowest BCUT2D eigenvalue weighted by Gasteiger charge is -2.22. The second kappa shape index (κ2) is 4.33. The Labute approximate surface area is 89.4 Å². The zero-order valence-electron chi connectivity index (χ0n) is 9.52. The van der Waals surface area contributed by atoms with Crippen LogP contribution >= 0.6 is 0 Å². The number of ether oxygens (including phenoxy) is 1. The molecule has 0 spiro atoms. The van der Waals surface area contributed by atoms with Crippen LogP contribution in [0.3, 0.4) is 0 Å². The highest BCUT2D eigenvalue weighted by Gasteiger charge is 2.17. The minimum absolute atomic E-state index is 0.164. The van der Waals surface area contributed by atoms with Crippen molar-refractivity contribution >= 4 is 6.09 Å². The second-order valence-electron chi connectivity index (χ2n) is 4.33. The van der Waals surface area contributed by atoms with E-state index >= 15 is 0 Å². The minimum atomic E-state index is -0.473. The Bertz CT molecular complexity index is 314. The smallest absolute Gasteiger partial charge is 0.409 e. The lowest BCUT2D eigenvalue weighted by Crippen LogP contribution is -2.35. The van der Waals surface area contributed by atoms with Gasteiger partial charge in [-0.25, -0.2) is 9.78 Å². The van der Waals surface area contributed by atoms with Crippen LogP contribution in [-0.4, -0.2) is 21.2 Å². The maximum Gasteiger partial charge on any atom is 0.409 e. The Morgan fingerprint density at radius 3 is 2.67 bits per heavy atom. The van der Waals surface area contributed by atoms with Crippen LogP contribution in [0.15, 0.2) is 18.7 Å². The lowest BCUT2D eigenvalue weighted by molar-refractivity contribution is 0.0488. The third-order valence-corrected chi connectivity index (χ3v) is 1.70. The molecule has 0 aliphatic heterocycles. The van der Waals surface area contributed by atoms with Crippen LogP contribution in [0.5, 0.6) is 0 Å². The Morgan fingerprint density at radius 1 is 1.53 bits per heavy atom. The monoisotopic (exact) mass is 211 g/mol. The number of carbonyl (C=O) groups is 1. The maximum atomic E-state index is 11.4. The largest absolute Gasteiger partial charge is 0.444 e. The molecule has 15 heavy (non-hydrogen) atoms. The van der Waals surface area contributed by atoms with Crippen molar-refractivity contribution in [2.45, 2.75) is 39.5 Å². The zero-order valence-corrected chi connectivity index (χ0v) is 9.52. The molecule has 0 aromatic carbocycles. The van der Waals surface area contributed by atoms with Gasteiger partial charge in [-0.2, -0.15) is 0 Å². The van der Waals surface area contributed by atoms with Crippen LogP contribution in [0, 0.1) is 0 Å². The summed E-state index contributed by atoms with van der Waals surface area (Å²) in [6.45, 7) is 7.34. The summed E-state index contributed by atoms with van der Waals surface area (Å²) in [5, 5.41) is 2.70. The van der Waals surface area contributed by atoms with E-state index in [1.54, 1.807) is 23.3 Å². The van der Waals surface area contributed by atoms with Crippen molar-refractivity contribution < 1.29 is 9.53 Å². The summed E-state index contributed by atoms with van der Waals surface area (Å²) in [5.41, 5.74) is -0.473. The predicted octanol–water partition coefficient (Wildman–Crippen LogP) is 1.93. The molecule has 1 aromatic rings. The SMILES string of the molecule is CC(NC(=O)OC(C)(C)C)n1ccnc1. The van der Waals surface area contributed by atoms with E-state index in [-0.39, 0.29) is 6.17 Å². The molecule has 0 aliphatic carbocycles. The molecule has 0 bridgehead atoms. The quantitative estimate of drug-likeness (QED) is 0.813. The average Bonchev–Trinajstić information content (AvgIpc) is 2.50. The number of imidazole rings is 1. The Balaban J connectivity index is 2.45. The zero-order chi connectivity index (χ0) is 11.5. The van der Waals surface area contributed by atoms with Crippen molar-refractivity contribution in [3.8, 4) is 0 Å². The first kappa shape index (κ1) is 11.6. The summed E-state index contributed by atoms with van der Waals surface area (Å²) in [5.74, 6) is 0. The number of nitrogens with one attached hydrogen (secondary N) is 1. The molecule has 84 valence electrons. The van der Waals surface area contributed by atoms with Crippen LogP contribution in [0.4, 0.5) is 4.79 Å². The highest BCUT2D eigenvalue weighted by atomic mass is 16.6. The average molecular weight is 211 g/mol. The number of rotatable bonds is 2. The normalized spacial score (nSPS) is 13.3. The number of aromatic nitrogens is 2.